The number of aliphatic carboxylic acids is 1. The Hall–Kier alpha value is -1.36. The summed E-state index contributed by atoms with van der Waals surface area (Å²) in [5.74, 6) is -0.764. The first-order valence-corrected chi connectivity index (χ1v) is 6.89. The topological polar surface area (TPSA) is 75.4 Å². The van der Waals surface area contributed by atoms with Gasteiger partial charge in [0.25, 0.3) is 0 Å². The maximum Gasteiger partial charge on any atom is 0.303 e. The second-order valence-electron chi connectivity index (χ2n) is 5.80. The van der Waals surface area contributed by atoms with E-state index >= 15 is 0 Å². The summed E-state index contributed by atoms with van der Waals surface area (Å²) in [5, 5.41) is 23.5. The highest BCUT2D eigenvalue weighted by molar-refractivity contribution is 5.67. The molecule has 19 heavy (non-hydrogen) atoms. The molecule has 5 heteroatoms. The van der Waals surface area contributed by atoms with Gasteiger partial charge in [0.2, 0.25) is 0 Å². The lowest BCUT2D eigenvalue weighted by molar-refractivity contribution is -0.141. The van der Waals surface area contributed by atoms with E-state index in [0.717, 1.165) is 31.2 Å². The van der Waals surface area contributed by atoms with Crippen LogP contribution in [0.5, 0.6) is 0 Å². The van der Waals surface area contributed by atoms with Gasteiger partial charge in [-0.25, -0.2) is 0 Å². The minimum Gasteiger partial charge on any atom is -0.481 e. The molecule has 2 rings (SSSR count). The van der Waals surface area contributed by atoms with Crippen molar-refractivity contribution in [2.75, 3.05) is 0 Å². The van der Waals surface area contributed by atoms with Crippen LogP contribution in [0, 0.1) is 5.41 Å². The highest BCUT2D eigenvalue weighted by Gasteiger charge is 2.36. The molecule has 2 N–H and O–H groups in total. The number of hydrogen-bond acceptors (Lipinski definition) is 3. The average molecular weight is 266 g/mol. The van der Waals surface area contributed by atoms with E-state index in [9.17, 15) is 9.90 Å². The number of aryl methyl sites for hydroxylation is 1. The lowest BCUT2D eigenvalue weighted by atomic mass is 9.68. The lowest BCUT2D eigenvalue weighted by Gasteiger charge is -2.37. The van der Waals surface area contributed by atoms with Gasteiger partial charge in [-0.1, -0.05) is 19.3 Å². The fraction of sp³-hybridized carbons (Fsp3) is 0.714. The Kier molecular flexibility index (Phi) is 4.24. The summed E-state index contributed by atoms with van der Waals surface area (Å²) in [6.07, 6.45) is 8.60. The van der Waals surface area contributed by atoms with Crippen LogP contribution in [0.4, 0.5) is 0 Å². The smallest absolute Gasteiger partial charge is 0.303 e. The molecular formula is C14H22N2O3. The largest absolute Gasteiger partial charge is 0.481 e. The zero-order valence-corrected chi connectivity index (χ0v) is 11.4. The molecule has 1 aliphatic rings. The number of hydrogen-bond donors (Lipinski definition) is 2. The van der Waals surface area contributed by atoms with Crippen molar-refractivity contribution in [3.05, 3.63) is 18.0 Å². The van der Waals surface area contributed by atoms with Gasteiger partial charge in [-0.2, -0.15) is 5.10 Å². The number of aromatic nitrogens is 2. The van der Waals surface area contributed by atoms with Gasteiger partial charge in [-0.15, -0.1) is 0 Å². The van der Waals surface area contributed by atoms with Gasteiger partial charge >= 0.3 is 5.97 Å². The minimum absolute atomic E-state index is 0.157. The molecule has 1 heterocycles. The third-order valence-corrected chi connectivity index (χ3v) is 4.18. The van der Waals surface area contributed by atoms with E-state index in [1.807, 2.05) is 7.05 Å². The Bertz CT molecular complexity index is 436. The van der Waals surface area contributed by atoms with E-state index in [-0.39, 0.29) is 11.8 Å². The number of carbonyl (C=O) groups is 1. The van der Waals surface area contributed by atoms with Crippen molar-refractivity contribution in [1.29, 1.82) is 0 Å². The van der Waals surface area contributed by atoms with Crippen molar-refractivity contribution in [1.82, 2.24) is 9.78 Å². The molecule has 0 bridgehead atoms. The number of nitrogens with zero attached hydrogens (tertiary/aromatic N) is 2. The number of carboxylic acid groups (broad SMARTS) is 1. The predicted octanol–water partition coefficient (Wildman–Crippen LogP) is 2.27. The van der Waals surface area contributed by atoms with Crippen molar-refractivity contribution < 1.29 is 15.0 Å². The summed E-state index contributed by atoms with van der Waals surface area (Å²) in [4.78, 5) is 11.1. The molecule has 1 atom stereocenters. The second kappa shape index (κ2) is 5.74. The van der Waals surface area contributed by atoms with Gasteiger partial charge in [0, 0.05) is 18.8 Å². The van der Waals surface area contributed by atoms with Crippen LogP contribution in [-0.4, -0.2) is 26.0 Å². The van der Waals surface area contributed by atoms with Crippen LogP contribution in [0.25, 0.3) is 0 Å². The number of aliphatic hydroxyl groups excluding tert-OH is 1. The molecular weight excluding hydrogens is 244 g/mol. The molecule has 0 spiro atoms. The lowest BCUT2D eigenvalue weighted by Crippen LogP contribution is -2.29. The Balaban J connectivity index is 2.08. The molecule has 1 aromatic rings. The van der Waals surface area contributed by atoms with Crippen molar-refractivity contribution in [3.63, 3.8) is 0 Å². The summed E-state index contributed by atoms with van der Waals surface area (Å²) in [6.45, 7) is 0. The summed E-state index contributed by atoms with van der Waals surface area (Å²) >= 11 is 0. The molecule has 0 amide bonds. The first kappa shape index (κ1) is 14.1. The van der Waals surface area contributed by atoms with Gasteiger partial charge < -0.3 is 10.2 Å². The van der Waals surface area contributed by atoms with Crippen LogP contribution in [0.3, 0.4) is 0 Å². The molecule has 1 fully saturated rings. The summed E-state index contributed by atoms with van der Waals surface area (Å²) in [5.41, 5.74) is 0.525. The van der Waals surface area contributed by atoms with Gasteiger partial charge in [-0.05, 0) is 24.7 Å². The third kappa shape index (κ3) is 3.56. The first-order chi connectivity index (χ1) is 9.01. The highest BCUT2D eigenvalue weighted by atomic mass is 16.4. The van der Waals surface area contributed by atoms with E-state index in [2.05, 4.69) is 5.10 Å². The van der Waals surface area contributed by atoms with Crippen molar-refractivity contribution in [3.8, 4) is 0 Å². The SMILES string of the molecule is Cn1cc(C(O)CC2(CC(=O)O)CCCCC2)cn1. The minimum atomic E-state index is -0.764. The van der Waals surface area contributed by atoms with Crippen molar-refractivity contribution in [2.45, 2.75) is 51.0 Å². The molecule has 0 saturated heterocycles. The first-order valence-electron chi connectivity index (χ1n) is 6.89. The monoisotopic (exact) mass is 266 g/mol. The molecule has 1 unspecified atom stereocenters. The zero-order valence-electron chi connectivity index (χ0n) is 11.4. The van der Waals surface area contributed by atoms with E-state index in [1.54, 1.807) is 17.1 Å². The average Bonchev–Trinajstić information content (AvgIpc) is 2.76. The third-order valence-electron chi connectivity index (χ3n) is 4.18. The molecule has 1 aliphatic carbocycles. The van der Waals surface area contributed by atoms with Crippen molar-refractivity contribution >= 4 is 5.97 Å². The predicted molar refractivity (Wildman–Crippen MR) is 70.6 cm³/mol. The van der Waals surface area contributed by atoms with Gasteiger partial charge in [0.05, 0.1) is 18.7 Å². The van der Waals surface area contributed by atoms with Gasteiger partial charge in [-0.3, -0.25) is 9.48 Å². The molecule has 5 nitrogen and oxygen atoms in total. The fourth-order valence-electron chi connectivity index (χ4n) is 3.22. The summed E-state index contributed by atoms with van der Waals surface area (Å²) in [7, 11) is 1.81. The molecule has 0 radical (unpaired) electrons. The standard InChI is InChI=1S/C14H22N2O3/c1-16-10-11(9-15-16)12(17)7-14(8-13(18)19)5-3-2-4-6-14/h9-10,12,17H,2-8H2,1H3,(H,18,19). The van der Waals surface area contributed by atoms with Crippen LogP contribution in [-0.2, 0) is 11.8 Å². The van der Waals surface area contributed by atoms with Crippen LogP contribution in [0.1, 0.15) is 56.6 Å². The molecule has 1 aromatic heterocycles. The molecule has 0 aliphatic heterocycles. The normalized spacial score (nSPS) is 20.1. The molecule has 106 valence electrons. The van der Waals surface area contributed by atoms with Gasteiger partial charge in [0.15, 0.2) is 0 Å². The van der Waals surface area contributed by atoms with Crippen LogP contribution >= 0.6 is 0 Å². The van der Waals surface area contributed by atoms with Crippen LogP contribution < -0.4 is 0 Å². The van der Waals surface area contributed by atoms with Crippen LogP contribution in [0.2, 0.25) is 0 Å². The molecule has 1 saturated carbocycles. The molecule has 0 aromatic carbocycles. The van der Waals surface area contributed by atoms with E-state index < -0.39 is 12.1 Å². The van der Waals surface area contributed by atoms with E-state index in [0.29, 0.717) is 6.42 Å². The Morgan fingerprint density at radius 2 is 2.16 bits per heavy atom. The zero-order chi connectivity index (χ0) is 13.9. The maximum absolute atomic E-state index is 11.1. The quantitative estimate of drug-likeness (QED) is 0.857. The van der Waals surface area contributed by atoms with E-state index in [1.165, 1.54) is 6.42 Å². The maximum atomic E-state index is 11.1. The summed E-state index contributed by atoms with van der Waals surface area (Å²) < 4.78 is 1.66. The fourth-order valence-corrected chi connectivity index (χ4v) is 3.22. The Morgan fingerprint density at radius 3 is 2.68 bits per heavy atom. The highest BCUT2D eigenvalue weighted by Crippen LogP contribution is 2.45. The second-order valence-corrected chi connectivity index (χ2v) is 5.80. The summed E-state index contributed by atoms with van der Waals surface area (Å²) in [6, 6.07) is 0. The number of carboxylic acids is 1. The van der Waals surface area contributed by atoms with Gasteiger partial charge in [0.1, 0.15) is 0 Å². The number of rotatable bonds is 5. The number of aliphatic hydroxyl groups is 1. The Labute approximate surface area is 113 Å². The van der Waals surface area contributed by atoms with Crippen molar-refractivity contribution in [2.24, 2.45) is 12.5 Å². The van der Waals surface area contributed by atoms with E-state index in [4.69, 9.17) is 5.11 Å². The van der Waals surface area contributed by atoms with Crippen LogP contribution in [0.15, 0.2) is 12.4 Å². The Morgan fingerprint density at radius 1 is 1.47 bits per heavy atom.